The summed E-state index contributed by atoms with van der Waals surface area (Å²) >= 11 is 1.54. The molecule has 0 atom stereocenters. The van der Waals surface area contributed by atoms with Gasteiger partial charge in [-0.05, 0) is 42.5 Å². The number of carbonyl (C=O) groups is 1. The van der Waals surface area contributed by atoms with Gasteiger partial charge >= 0.3 is 0 Å². The van der Waals surface area contributed by atoms with Crippen molar-refractivity contribution in [3.8, 4) is 5.69 Å². The average molecular weight is 425 g/mol. The van der Waals surface area contributed by atoms with Crippen molar-refractivity contribution < 1.29 is 9.18 Å². The molecular weight excluding hydrogens is 403 g/mol. The molecule has 1 aromatic heterocycles. The molecular formula is C22H21FN4O2S. The first-order valence-corrected chi connectivity index (χ1v) is 10.7. The second kappa shape index (κ2) is 9.13. The molecule has 4 rings (SSSR count). The second-order valence-electron chi connectivity index (χ2n) is 6.89. The summed E-state index contributed by atoms with van der Waals surface area (Å²) in [7, 11) is 0. The van der Waals surface area contributed by atoms with Gasteiger partial charge < -0.3 is 9.80 Å². The maximum absolute atomic E-state index is 13.2. The minimum absolute atomic E-state index is 0.118. The van der Waals surface area contributed by atoms with Crippen molar-refractivity contribution in [1.29, 1.82) is 0 Å². The average Bonchev–Trinajstić information content (AvgIpc) is 2.79. The number of thioether (sulfide) groups is 1. The summed E-state index contributed by atoms with van der Waals surface area (Å²) in [5, 5.41) is 4.44. The lowest BCUT2D eigenvalue weighted by Crippen LogP contribution is -2.49. The van der Waals surface area contributed by atoms with Crippen LogP contribution in [0.5, 0.6) is 0 Å². The Bertz CT molecular complexity index is 1060. The molecule has 0 spiro atoms. The number of hydrogen-bond donors (Lipinski definition) is 0. The van der Waals surface area contributed by atoms with Gasteiger partial charge in [-0.25, -0.2) is 4.39 Å². The fraction of sp³-hybridized carbons (Fsp3) is 0.227. The van der Waals surface area contributed by atoms with E-state index in [1.165, 1.54) is 46.8 Å². The van der Waals surface area contributed by atoms with E-state index in [2.05, 4.69) is 5.10 Å². The van der Waals surface area contributed by atoms with Gasteiger partial charge in [-0.2, -0.15) is 4.68 Å². The molecule has 1 saturated heterocycles. The summed E-state index contributed by atoms with van der Waals surface area (Å²) in [5.41, 5.74) is 0.229. The van der Waals surface area contributed by atoms with Crippen LogP contribution in [0.15, 0.2) is 76.4 Å². The topological polar surface area (TPSA) is 58.4 Å². The number of nitrogens with zero attached hydrogens (tertiary/aromatic N) is 4. The summed E-state index contributed by atoms with van der Waals surface area (Å²) in [6.45, 7) is 2.48. The van der Waals surface area contributed by atoms with Crippen LogP contribution in [0.2, 0.25) is 0 Å². The van der Waals surface area contributed by atoms with Crippen molar-refractivity contribution >= 4 is 23.5 Å². The quantitative estimate of drug-likeness (QED) is 0.590. The molecule has 2 aromatic carbocycles. The molecule has 0 radical (unpaired) electrons. The van der Waals surface area contributed by atoms with E-state index < -0.39 is 0 Å². The predicted octanol–water partition coefficient (Wildman–Crippen LogP) is 2.81. The highest BCUT2D eigenvalue weighted by Crippen LogP contribution is 2.19. The number of carbonyl (C=O) groups excluding carboxylic acids is 1. The SMILES string of the molecule is O=C(CSc1ccccc1)N1CCN(c2ccc(=O)n(-c3ccc(F)cc3)n2)CC1. The smallest absolute Gasteiger partial charge is 0.271 e. The highest BCUT2D eigenvalue weighted by molar-refractivity contribution is 8.00. The van der Waals surface area contributed by atoms with E-state index in [0.717, 1.165) is 4.90 Å². The molecule has 0 unspecified atom stereocenters. The third-order valence-corrected chi connectivity index (χ3v) is 5.92. The van der Waals surface area contributed by atoms with Gasteiger partial charge in [-0.1, -0.05) is 18.2 Å². The molecule has 1 aliphatic heterocycles. The third kappa shape index (κ3) is 4.71. The van der Waals surface area contributed by atoms with Crippen molar-refractivity contribution in [2.45, 2.75) is 4.90 Å². The van der Waals surface area contributed by atoms with Crippen LogP contribution >= 0.6 is 11.8 Å². The van der Waals surface area contributed by atoms with Crippen LogP contribution in [0, 0.1) is 5.82 Å². The molecule has 3 aromatic rings. The molecule has 30 heavy (non-hydrogen) atoms. The predicted molar refractivity (Wildman–Crippen MR) is 116 cm³/mol. The van der Waals surface area contributed by atoms with Crippen molar-refractivity contribution in [3.63, 3.8) is 0 Å². The zero-order valence-electron chi connectivity index (χ0n) is 16.3. The van der Waals surface area contributed by atoms with Crippen molar-refractivity contribution in [1.82, 2.24) is 14.7 Å². The first-order valence-electron chi connectivity index (χ1n) is 9.67. The number of amides is 1. The Morgan fingerprint density at radius 3 is 2.33 bits per heavy atom. The van der Waals surface area contributed by atoms with E-state index in [0.29, 0.717) is 43.4 Å². The van der Waals surface area contributed by atoms with Crippen molar-refractivity contribution in [2.24, 2.45) is 0 Å². The summed E-state index contributed by atoms with van der Waals surface area (Å²) in [6.07, 6.45) is 0. The maximum Gasteiger partial charge on any atom is 0.271 e. The largest absolute Gasteiger partial charge is 0.352 e. The Balaban J connectivity index is 1.38. The van der Waals surface area contributed by atoms with Gasteiger partial charge in [0.15, 0.2) is 0 Å². The fourth-order valence-electron chi connectivity index (χ4n) is 3.28. The van der Waals surface area contributed by atoms with E-state index in [4.69, 9.17) is 0 Å². The standard InChI is InChI=1S/C22H21FN4O2S/c23-17-6-8-18(9-7-17)27-21(28)11-10-20(24-27)25-12-14-26(15-13-25)22(29)16-30-19-4-2-1-3-5-19/h1-11H,12-16H2. The van der Waals surface area contributed by atoms with Crippen molar-refractivity contribution in [2.75, 3.05) is 36.8 Å². The molecule has 1 amide bonds. The number of halogens is 1. The molecule has 1 fully saturated rings. The van der Waals surface area contributed by atoms with Gasteiger partial charge in [-0.15, -0.1) is 16.9 Å². The Morgan fingerprint density at radius 2 is 1.63 bits per heavy atom. The maximum atomic E-state index is 13.2. The van der Waals surface area contributed by atoms with Crippen LogP contribution in [-0.2, 0) is 4.79 Å². The molecule has 1 aliphatic rings. The van der Waals surface area contributed by atoms with Crippen LogP contribution < -0.4 is 10.5 Å². The monoisotopic (exact) mass is 424 g/mol. The molecule has 154 valence electrons. The number of piperazine rings is 1. The van der Waals surface area contributed by atoms with Gasteiger partial charge in [0.2, 0.25) is 5.91 Å². The van der Waals surface area contributed by atoms with Crippen LogP contribution in [-0.4, -0.2) is 52.5 Å². The van der Waals surface area contributed by atoms with E-state index in [1.807, 2.05) is 40.1 Å². The van der Waals surface area contributed by atoms with Crippen LogP contribution in [0.25, 0.3) is 5.69 Å². The van der Waals surface area contributed by atoms with Crippen LogP contribution in [0.4, 0.5) is 10.2 Å². The zero-order chi connectivity index (χ0) is 20.9. The normalized spacial score (nSPS) is 14.0. The number of rotatable bonds is 5. The van der Waals surface area contributed by atoms with Crippen LogP contribution in [0.1, 0.15) is 0 Å². The lowest BCUT2D eigenvalue weighted by Gasteiger charge is -2.35. The van der Waals surface area contributed by atoms with E-state index >= 15 is 0 Å². The number of benzene rings is 2. The first kappa shape index (κ1) is 20.2. The number of hydrogen-bond acceptors (Lipinski definition) is 5. The van der Waals surface area contributed by atoms with E-state index in [9.17, 15) is 14.0 Å². The third-order valence-electron chi connectivity index (χ3n) is 4.92. The first-order chi connectivity index (χ1) is 14.6. The lowest BCUT2D eigenvalue weighted by atomic mass is 10.3. The molecule has 0 bridgehead atoms. The van der Waals surface area contributed by atoms with Gasteiger partial charge in [0, 0.05) is 37.1 Å². The van der Waals surface area contributed by atoms with Crippen LogP contribution in [0.3, 0.4) is 0 Å². The highest BCUT2D eigenvalue weighted by Gasteiger charge is 2.22. The molecule has 6 nitrogen and oxygen atoms in total. The molecule has 2 heterocycles. The Morgan fingerprint density at radius 1 is 0.933 bits per heavy atom. The second-order valence-corrected chi connectivity index (χ2v) is 7.94. The van der Waals surface area contributed by atoms with E-state index in [-0.39, 0.29) is 17.3 Å². The zero-order valence-corrected chi connectivity index (χ0v) is 17.1. The van der Waals surface area contributed by atoms with Gasteiger partial charge in [0.25, 0.3) is 5.56 Å². The van der Waals surface area contributed by atoms with Gasteiger partial charge in [-0.3, -0.25) is 9.59 Å². The summed E-state index contributed by atoms with van der Waals surface area (Å²) < 4.78 is 14.4. The molecule has 0 aliphatic carbocycles. The number of aromatic nitrogens is 2. The van der Waals surface area contributed by atoms with E-state index in [1.54, 1.807) is 6.07 Å². The highest BCUT2D eigenvalue weighted by atomic mass is 32.2. The minimum Gasteiger partial charge on any atom is -0.352 e. The summed E-state index contributed by atoms with van der Waals surface area (Å²) in [5.74, 6) is 0.823. The van der Waals surface area contributed by atoms with Gasteiger partial charge in [0.05, 0.1) is 11.4 Å². The Kier molecular flexibility index (Phi) is 6.13. The van der Waals surface area contributed by atoms with Crippen molar-refractivity contribution in [3.05, 3.63) is 82.9 Å². The number of anilines is 1. The lowest BCUT2D eigenvalue weighted by molar-refractivity contribution is -0.128. The minimum atomic E-state index is -0.367. The van der Waals surface area contributed by atoms with Gasteiger partial charge in [0.1, 0.15) is 11.6 Å². The molecule has 8 heteroatoms. The fourth-order valence-corrected chi connectivity index (χ4v) is 4.10. The summed E-state index contributed by atoms with van der Waals surface area (Å²) in [4.78, 5) is 29.7. The summed E-state index contributed by atoms with van der Waals surface area (Å²) in [6, 6.07) is 18.7. The Labute approximate surface area is 177 Å². The Hall–Kier alpha value is -3.13. The molecule has 0 N–H and O–H groups in total. The molecule has 0 saturated carbocycles.